The first-order chi connectivity index (χ1) is 14.0. The molecule has 0 bridgehead atoms. The van der Waals surface area contributed by atoms with Crippen LogP contribution in [0.4, 0.5) is 18.9 Å². The van der Waals surface area contributed by atoms with Crippen molar-refractivity contribution in [1.82, 2.24) is 0 Å². The topological polar surface area (TPSA) is 41.8 Å². The van der Waals surface area contributed by atoms with Crippen LogP contribution >= 0.6 is 0 Å². The number of aryl methyl sites for hydroxylation is 1. The van der Waals surface area contributed by atoms with Gasteiger partial charge in [-0.1, -0.05) is 43.3 Å². The van der Waals surface area contributed by atoms with Gasteiger partial charge in [-0.05, 0) is 56.9 Å². The maximum Gasteiger partial charge on any atom is 0.425 e. The Hall–Kier alpha value is -2.60. The fourth-order valence-electron chi connectivity index (χ4n) is 3.12. The van der Waals surface area contributed by atoms with E-state index >= 15 is 0 Å². The molecule has 0 aromatic heterocycles. The van der Waals surface area contributed by atoms with Gasteiger partial charge >= 0.3 is 6.18 Å². The van der Waals surface area contributed by atoms with Crippen LogP contribution in [0.1, 0.15) is 50.8 Å². The maximum atomic E-state index is 14.2. The molecule has 1 N–H and O–H groups in total. The SMILES string of the molecule is C/C=C(/C=Nc1cc(OC(C)C)c(C(O)(c2ccccc2)C(F)(F)F)cc1C)CC. The van der Waals surface area contributed by atoms with Crippen LogP contribution in [0.25, 0.3) is 0 Å². The molecule has 3 nitrogen and oxygen atoms in total. The number of hydrogen-bond acceptors (Lipinski definition) is 3. The predicted molar refractivity (Wildman–Crippen MR) is 115 cm³/mol. The molecule has 0 aliphatic carbocycles. The predicted octanol–water partition coefficient (Wildman–Crippen LogP) is 6.64. The Balaban J connectivity index is 2.75. The number of allylic oxidation sites excluding steroid dienone is 2. The van der Waals surface area contributed by atoms with E-state index in [4.69, 9.17) is 4.74 Å². The highest BCUT2D eigenvalue weighted by molar-refractivity contribution is 5.81. The number of alkyl halides is 3. The second-order valence-electron chi connectivity index (χ2n) is 7.35. The van der Waals surface area contributed by atoms with Crippen LogP contribution < -0.4 is 4.74 Å². The molecule has 1 unspecified atom stereocenters. The third-order valence-corrected chi connectivity index (χ3v) is 4.80. The Labute approximate surface area is 175 Å². The van der Waals surface area contributed by atoms with Crippen molar-refractivity contribution < 1.29 is 23.0 Å². The number of rotatable bonds is 7. The fourth-order valence-corrected chi connectivity index (χ4v) is 3.12. The smallest absolute Gasteiger partial charge is 0.425 e. The lowest BCUT2D eigenvalue weighted by atomic mass is 9.84. The first-order valence-electron chi connectivity index (χ1n) is 9.90. The Morgan fingerprint density at radius 1 is 1.17 bits per heavy atom. The number of ether oxygens (including phenoxy) is 1. The Morgan fingerprint density at radius 2 is 1.80 bits per heavy atom. The lowest BCUT2D eigenvalue weighted by Crippen LogP contribution is -2.43. The van der Waals surface area contributed by atoms with Crippen molar-refractivity contribution in [3.8, 4) is 5.75 Å². The lowest BCUT2D eigenvalue weighted by molar-refractivity contribution is -0.248. The van der Waals surface area contributed by atoms with Gasteiger partial charge in [0, 0.05) is 17.8 Å². The molecule has 0 radical (unpaired) electrons. The van der Waals surface area contributed by atoms with Crippen LogP contribution in [0.15, 0.2) is 59.1 Å². The molecule has 2 rings (SSSR count). The molecule has 0 aliphatic heterocycles. The minimum atomic E-state index is -4.96. The van der Waals surface area contributed by atoms with Crippen LogP contribution in [-0.4, -0.2) is 23.6 Å². The van der Waals surface area contributed by atoms with E-state index in [1.807, 2.05) is 19.9 Å². The number of aliphatic hydroxyl groups is 1. The van der Waals surface area contributed by atoms with Gasteiger partial charge in [0.25, 0.3) is 0 Å². The number of hydrogen-bond donors (Lipinski definition) is 1. The number of aliphatic imine (C=N–C) groups is 1. The second-order valence-corrected chi connectivity index (χ2v) is 7.35. The molecule has 0 saturated heterocycles. The minimum absolute atomic E-state index is 0.0510. The van der Waals surface area contributed by atoms with Gasteiger partial charge in [-0.3, -0.25) is 4.99 Å². The second kappa shape index (κ2) is 9.47. The average molecular weight is 419 g/mol. The Bertz CT molecular complexity index is 918. The maximum absolute atomic E-state index is 14.2. The highest BCUT2D eigenvalue weighted by Crippen LogP contribution is 2.48. The van der Waals surface area contributed by atoms with E-state index in [1.54, 1.807) is 33.1 Å². The highest BCUT2D eigenvalue weighted by Gasteiger charge is 2.57. The van der Waals surface area contributed by atoms with Crippen molar-refractivity contribution >= 4 is 11.9 Å². The van der Waals surface area contributed by atoms with E-state index in [-0.39, 0.29) is 16.9 Å². The molecule has 1 atom stereocenters. The van der Waals surface area contributed by atoms with Gasteiger partial charge in [0.05, 0.1) is 11.8 Å². The monoisotopic (exact) mass is 419 g/mol. The molecule has 6 heteroatoms. The molecular formula is C24H28F3NO2. The Kier molecular flexibility index (Phi) is 7.48. The molecule has 0 saturated carbocycles. The molecule has 0 amide bonds. The number of nitrogens with zero attached hydrogens (tertiary/aromatic N) is 1. The summed E-state index contributed by atoms with van der Waals surface area (Å²) in [6.07, 6.45) is -0.946. The molecular weight excluding hydrogens is 391 g/mol. The van der Waals surface area contributed by atoms with Gasteiger partial charge in [-0.2, -0.15) is 13.2 Å². The standard InChI is InChI=1S/C24H28F3NO2/c1-6-18(7-2)15-28-21-14-22(30-16(3)4)20(13-17(21)5)23(29,24(25,26)27)19-11-9-8-10-12-19/h6,8-16,29H,7H2,1-5H3/b18-6+,28-15?. The first kappa shape index (κ1) is 23.7. The van der Waals surface area contributed by atoms with Crippen LogP contribution in [-0.2, 0) is 5.60 Å². The third kappa shape index (κ3) is 4.93. The summed E-state index contributed by atoms with van der Waals surface area (Å²) < 4.78 is 48.4. The summed E-state index contributed by atoms with van der Waals surface area (Å²) in [6, 6.07) is 9.81. The van der Waals surface area contributed by atoms with E-state index in [1.165, 1.54) is 36.4 Å². The summed E-state index contributed by atoms with van der Waals surface area (Å²) in [5.74, 6) is -0.0510. The molecule has 0 heterocycles. The first-order valence-corrected chi connectivity index (χ1v) is 9.90. The van der Waals surface area contributed by atoms with Gasteiger partial charge in [0.2, 0.25) is 5.60 Å². The molecule has 0 spiro atoms. The zero-order valence-corrected chi connectivity index (χ0v) is 17.9. The van der Waals surface area contributed by atoms with Crippen molar-refractivity contribution in [2.45, 2.75) is 58.9 Å². The fraction of sp³-hybridized carbons (Fsp3) is 0.375. The molecule has 2 aromatic rings. The quantitative estimate of drug-likeness (QED) is 0.511. The van der Waals surface area contributed by atoms with E-state index in [0.717, 1.165) is 12.0 Å². The van der Waals surface area contributed by atoms with Crippen LogP contribution in [0.2, 0.25) is 0 Å². The minimum Gasteiger partial charge on any atom is -0.491 e. The summed E-state index contributed by atoms with van der Waals surface area (Å²) >= 11 is 0. The normalized spacial score (nSPS) is 14.9. The largest absolute Gasteiger partial charge is 0.491 e. The van der Waals surface area contributed by atoms with Crippen LogP contribution in [0, 0.1) is 6.92 Å². The molecule has 0 fully saturated rings. The lowest BCUT2D eigenvalue weighted by Gasteiger charge is -2.33. The van der Waals surface area contributed by atoms with Crippen molar-refractivity contribution in [1.29, 1.82) is 0 Å². The van der Waals surface area contributed by atoms with E-state index in [9.17, 15) is 18.3 Å². The van der Waals surface area contributed by atoms with Gasteiger partial charge in [0.15, 0.2) is 0 Å². The van der Waals surface area contributed by atoms with Gasteiger partial charge < -0.3 is 9.84 Å². The molecule has 2 aromatic carbocycles. The third-order valence-electron chi connectivity index (χ3n) is 4.80. The number of benzene rings is 2. The van der Waals surface area contributed by atoms with Gasteiger partial charge in [-0.25, -0.2) is 0 Å². The summed E-state index contributed by atoms with van der Waals surface area (Å²) in [6.45, 7) is 9.00. The number of halogens is 3. The van der Waals surface area contributed by atoms with Crippen molar-refractivity contribution in [3.05, 3.63) is 70.8 Å². The highest BCUT2D eigenvalue weighted by atomic mass is 19.4. The summed E-state index contributed by atoms with van der Waals surface area (Å²) in [5.41, 5.74) is -1.86. The van der Waals surface area contributed by atoms with Gasteiger partial charge in [0.1, 0.15) is 5.75 Å². The molecule has 30 heavy (non-hydrogen) atoms. The zero-order valence-electron chi connectivity index (χ0n) is 17.9. The zero-order chi connectivity index (χ0) is 22.5. The van der Waals surface area contributed by atoms with Crippen molar-refractivity contribution in [2.24, 2.45) is 4.99 Å². The summed E-state index contributed by atoms with van der Waals surface area (Å²) in [7, 11) is 0. The Morgan fingerprint density at radius 3 is 2.30 bits per heavy atom. The molecule has 162 valence electrons. The van der Waals surface area contributed by atoms with Crippen LogP contribution in [0.5, 0.6) is 5.75 Å². The van der Waals surface area contributed by atoms with E-state index in [2.05, 4.69) is 4.99 Å². The molecule has 0 aliphatic rings. The van der Waals surface area contributed by atoms with E-state index < -0.39 is 17.9 Å². The van der Waals surface area contributed by atoms with E-state index in [0.29, 0.717) is 11.3 Å². The van der Waals surface area contributed by atoms with Crippen LogP contribution in [0.3, 0.4) is 0 Å². The average Bonchev–Trinajstić information content (AvgIpc) is 2.69. The van der Waals surface area contributed by atoms with Crippen molar-refractivity contribution in [3.63, 3.8) is 0 Å². The van der Waals surface area contributed by atoms with Gasteiger partial charge in [-0.15, -0.1) is 0 Å². The van der Waals surface area contributed by atoms with Crippen molar-refractivity contribution in [2.75, 3.05) is 0 Å². The summed E-state index contributed by atoms with van der Waals surface area (Å²) in [4.78, 5) is 4.44. The summed E-state index contributed by atoms with van der Waals surface area (Å²) in [5, 5.41) is 11.0.